The SMILES string of the molecule is COC(=O)[C@@H]1C=C2c3cccc4c3C(C[C@H]2N(C)C1)C(Cl)N4. The second kappa shape index (κ2) is 5.00. The predicted octanol–water partition coefficient (Wildman–Crippen LogP) is 2.65. The van der Waals surface area contributed by atoms with Crippen LogP contribution in [0.1, 0.15) is 23.5 Å². The van der Waals surface area contributed by atoms with Gasteiger partial charge in [-0.3, -0.25) is 9.69 Å². The number of ether oxygens (including phenoxy) is 1. The zero-order chi connectivity index (χ0) is 15.4. The third-order valence-electron chi connectivity index (χ3n) is 5.17. The number of hydrogen-bond acceptors (Lipinski definition) is 4. The van der Waals surface area contributed by atoms with Crippen LogP contribution in [0.3, 0.4) is 0 Å². The van der Waals surface area contributed by atoms with E-state index in [-0.39, 0.29) is 17.4 Å². The van der Waals surface area contributed by atoms with Gasteiger partial charge in [0.05, 0.1) is 13.0 Å². The van der Waals surface area contributed by atoms with Gasteiger partial charge in [0.1, 0.15) is 5.50 Å². The van der Waals surface area contributed by atoms with Gasteiger partial charge in [-0.25, -0.2) is 0 Å². The minimum absolute atomic E-state index is 0.0515. The fourth-order valence-corrected chi connectivity index (χ4v) is 4.49. The van der Waals surface area contributed by atoms with Gasteiger partial charge in [0.25, 0.3) is 0 Å². The fourth-order valence-electron chi connectivity index (χ4n) is 4.14. The van der Waals surface area contributed by atoms with Crippen molar-refractivity contribution in [1.29, 1.82) is 0 Å². The molecule has 2 unspecified atom stereocenters. The quantitative estimate of drug-likeness (QED) is 0.491. The van der Waals surface area contributed by atoms with E-state index in [0.29, 0.717) is 18.5 Å². The van der Waals surface area contributed by atoms with Crippen LogP contribution in [0.25, 0.3) is 5.57 Å². The predicted molar refractivity (Wildman–Crippen MR) is 87.0 cm³/mol. The molecule has 4 rings (SSSR count). The highest BCUT2D eigenvalue weighted by Gasteiger charge is 2.43. The summed E-state index contributed by atoms with van der Waals surface area (Å²) in [5.74, 6) is -0.0391. The zero-order valence-corrected chi connectivity index (χ0v) is 13.4. The Kier molecular flexibility index (Phi) is 3.20. The number of hydrogen-bond donors (Lipinski definition) is 1. The van der Waals surface area contributed by atoms with Gasteiger partial charge in [0, 0.05) is 24.2 Å². The number of carbonyl (C=O) groups excluding carboxylic acids is 1. The van der Waals surface area contributed by atoms with E-state index in [1.165, 1.54) is 23.8 Å². The first-order valence-electron chi connectivity index (χ1n) is 7.64. The maximum atomic E-state index is 12.0. The van der Waals surface area contributed by atoms with Gasteiger partial charge >= 0.3 is 5.97 Å². The molecule has 0 amide bonds. The van der Waals surface area contributed by atoms with Gasteiger partial charge in [-0.05, 0) is 36.2 Å². The number of fused-ring (bicyclic) bond motifs is 2. The van der Waals surface area contributed by atoms with Gasteiger partial charge in [0.15, 0.2) is 0 Å². The first-order chi connectivity index (χ1) is 10.6. The number of halogens is 1. The molecule has 1 aliphatic carbocycles. The number of rotatable bonds is 1. The maximum Gasteiger partial charge on any atom is 0.313 e. The summed E-state index contributed by atoms with van der Waals surface area (Å²) in [7, 11) is 3.53. The molecule has 2 heterocycles. The molecule has 22 heavy (non-hydrogen) atoms. The van der Waals surface area contributed by atoms with Gasteiger partial charge < -0.3 is 10.1 Å². The summed E-state index contributed by atoms with van der Waals surface area (Å²) in [6, 6.07) is 6.60. The zero-order valence-electron chi connectivity index (χ0n) is 12.7. The van der Waals surface area contributed by atoms with Crippen molar-refractivity contribution < 1.29 is 9.53 Å². The monoisotopic (exact) mass is 318 g/mol. The summed E-state index contributed by atoms with van der Waals surface area (Å²) >= 11 is 6.51. The lowest BCUT2D eigenvalue weighted by atomic mass is 9.74. The summed E-state index contributed by atoms with van der Waals surface area (Å²) < 4.78 is 4.94. The fraction of sp³-hybridized carbons (Fsp3) is 0.471. The Labute approximate surface area is 135 Å². The number of esters is 1. The van der Waals surface area contributed by atoms with Crippen LogP contribution in [0.4, 0.5) is 5.69 Å². The number of nitrogens with zero attached hydrogens (tertiary/aromatic N) is 1. The van der Waals surface area contributed by atoms with E-state index in [9.17, 15) is 4.79 Å². The van der Waals surface area contributed by atoms with Gasteiger partial charge in [-0.2, -0.15) is 0 Å². The van der Waals surface area contributed by atoms with Crippen LogP contribution in [0.15, 0.2) is 24.3 Å². The summed E-state index contributed by atoms with van der Waals surface area (Å²) in [6.45, 7) is 0.697. The third-order valence-corrected chi connectivity index (χ3v) is 5.59. The number of likely N-dealkylation sites (N-methyl/N-ethyl adjacent to an activating group) is 1. The second-order valence-electron chi connectivity index (χ2n) is 6.36. The lowest BCUT2D eigenvalue weighted by Gasteiger charge is -2.42. The number of carbonyl (C=O) groups is 1. The minimum atomic E-state index is -0.199. The van der Waals surface area contributed by atoms with Crippen LogP contribution in [-0.2, 0) is 9.53 Å². The number of methoxy groups -OCH3 is 1. The molecule has 5 heteroatoms. The van der Waals surface area contributed by atoms with E-state index < -0.39 is 0 Å². The molecule has 1 aromatic carbocycles. The Morgan fingerprint density at radius 1 is 1.45 bits per heavy atom. The molecule has 2 aliphatic heterocycles. The lowest BCUT2D eigenvalue weighted by molar-refractivity contribution is -0.144. The Morgan fingerprint density at radius 3 is 3.05 bits per heavy atom. The smallest absolute Gasteiger partial charge is 0.313 e. The molecule has 4 atom stereocenters. The summed E-state index contributed by atoms with van der Waals surface area (Å²) in [6.07, 6.45) is 3.09. The van der Waals surface area contributed by atoms with Gasteiger partial charge in [0.2, 0.25) is 0 Å². The average molecular weight is 319 g/mol. The van der Waals surface area contributed by atoms with Crippen molar-refractivity contribution in [2.75, 3.05) is 26.0 Å². The van der Waals surface area contributed by atoms with E-state index >= 15 is 0 Å². The van der Waals surface area contributed by atoms with Crippen molar-refractivity contribution >= 4 is 28.8 Å². The highest BCUT2D eigenvalue weighted by Crippen LogP contribution is 2.51. The molecular formula is C17H19ClN2O2. The van der Waals surface area contributed by atoms with E-state index in [1.54, 1.807) is 0 Å². The van der Waals surface area contributed by atoms with E-state index in [0.717, 1.165) is 12.1 Å². The van der Waals surface area contributed by atoms with Gasteiger partial charge in [-0.15, -0.1) is 0 Å². The molecule has 0 saturated heterocycles. The summed E-state index contributed by atoms with van der Waals surface area (Å²) in [5, 5.41) is 3.38. The number of alkyl halides is 1. The largest absolute Gasteiger partial charge is 0.469 e. The molecule has 0 bridgehead atoms. The minimum Gasteiger partial charge on any atom is -0.469 e. The third kappa shape index (κ3) is 1.90. The Bertz CT molecular complexity index is 673. The number of anilines is 1. The Morgan fingerprint density at radius 2 is 2.27 bits per heavy atom. The van der Waals surface area contributed by atoms with Crippen LogP contribution in [0.5, 0.6) is 0 Å². The topological polar surface area (TPSA) is 41.6 Å². The van der Waals surface area contributed by atoms with E-state index in [4.69, 9.17) is 16.3 Å². The van der Waals surface area contributed by atoms with Crippen LogP contribution in [0.2, 0.25) is 0 Å². The first-order valence-corrected chi connectivity index (χ1v) is 8.07. The molecule has 116 valence electrons. The Balaban J connectivity index is 1.85. The van der Waals surface area contributed by atoms with Crippen molar-refractivity contribution in [3.05, 3.63) is 35.4 Å². The molecule has 3 aliphatic rings. The van der Waals surface area contributed by atoms with Crippen molar-refractivity contribution in [2.24, 2.45) is 5.92 Å². The van der Waals surface area contributed by atoms with Crippen LogP contribution >= 0.6 is 11.6 Å². The standard InChI is InChI=1S/C17H19ClN2O2/c1-20-8-9(17(21)22-2)6-11-10-4-3-5-13-15(10)12(7-14(11)20)16(18)19-13/h3-6,9,12,14,16,19H,7-8H2,1-2H3/t9-,12?,14-,16?/m1/s1. The van der Waals surface area contributed by atoms with Crippen LogP contribution in [0, 0.1) is 5.92 Å². The van der Waals surface area contributed by atoms with E-state index in [2.05, 4.69) is 41.5 Å². The van der Waals surface area contributed by atoms with Crippen molar-refractivity contribution in [3.63, 3.8) is 0 Å². The van der Waals surface area contributed by atoms with Crippen molar-refractivity contribution in [3.8, 4) is 0 Å². The highest BCUT2D eigenvalue weighted by molar-refractivity contribution is 6.23. The van der Waals surface area contributed by atoms with Gasteiger partial charge in [-0.1, -0.05) is 29.8 Å². The normalized spacial score (nSPS) is 32.6. The molecule has 4 nitrogen and oxygen atoms in total. The Hall–Kier alpha value is -1.52. The van der Waals surface area contributed by atoms with E-state index in [1.807, 2.05) is 0 Å². The second-order valence-corrected chi connectivity index (χ2v) is 6.83. The lowest BCUT2D eigenvalue weighted by Crippen LogP contribution is -2.45. The summed E-state index contributed by atoms with van der Waals surface area (Å²) in [5.41, 5.74) is 4.86. The number of nitrogens with one attached hydrogen (secondary N) is 1. The van der Waals surface area contributed by atoms with Crippen molar-refractivity contribution in [2.45, 2.75) is 23.9 Å². The summed E-state index contributed by atoms with van der Waals surface area (Å²) in [4.78, 5) is 14.2. The molecular weight excluding hydrogens is 300 g/mol. The molecule has 0 aromatic heterocycles. The molecule has 0 fully saturated rings. The molecule has 0 radical (unpaired) electrons. The number of benzene rings is 1. The molecule has 0 spiro atoms. The molecule has 1 aromatic rings. The van der Waals surface area contributed by atoms with Crippen LogP contribution < -0.4 is 5.32 Å². The average Bonchev–Trinajstić information content (AvgIpc) is 2.84. The van der Waals surface area contributed by atoms with Crippen molar-refractivity contribution in [1.82, 2.24) is 4.90 Å². The maximum absolute atomic E-state index is 12.0. The first kappa shape index (κ1) is 14.1. The molecule has 0 saturated carbocycles. The van der Waals surface area contributed by atoms with Crippen LogP contribution in [-0.4, -0.2) is 43.1 Å². The molecule has 1 N–H and O–H groups in total. The highest BCUT2D eigenvalue weighted by atomic mass is 35.5.